The average molecular weight is 253 g/mol. The molecule has 3 heteroatoms. The Labute approximate surface area is 114 Å². The molecule has 2 aromatic rings. The van der Waals surface area contributed by atoms with Gasteiger partial charge in [0.2, 0.25) is 0 Å². The summed E-state index contributed by atoms with van der Waals surface area (Å²) in [6.07, 6.45) is 0. The monoisotopic (exact) mass is 253 g/mol. The minimum absolute atomic E-state index is 0.0916. The Morgan fingerprint density at radius 3 is 2.16 bits per heavy atom. The molecule has 0 saturated heterocycles. The molecule has 0 spiro atoms. The number of benzene rings is 2. The van der Waals surface area contributed by atoms with Gasteiger partial charge in [0.05, 0.1) is 5.69 Å². The van der Waals surface area contributed by atoms with Crippen molar-refractivity contribution >= 4 is 17.2 Å². The van der Waals surface area contributed by atoms with E-state index in [1.807, 2.05) is 26.1 Å². The van der Waals surface area contributed by atoms with Crippen LogP contribution in [0.25, 0.3) is 0 Å². The lowest BCUT2D eigenvalue weighted by atomic mass is 10.1. The van der Waals surface area contributed by atoms with Crippen LogP contribution in [0.5, 0.6) is 0 Å². The summed E-state index contributed by atoms with van der Waals surface area (Å²) in [6, 6.07) is 14.2. The molecule has 0 radical (unpaired) electrons. The maximum atomic E-state index is 7.69. The molecule has 0 heterocycles. The van der Waals surface area contributed by atoms with Crippen molar-refractivity contribution in [2.24, 2.45) is 5.73 Å². The number of hydrogen-bond donors (Lipinski definition) is 2. The minimum atomic E-state index is 0.0916. The third-order valence-electron chi connectivity index (χ3n) is 3.23. The van der Waals surface area contributed by atoms with E-state index in [0.717, 1.165) is 22.5 Å². The molecule has 0 aliphatic carbocycles. The molecule has 3 N–H and O–H groups in total. The van der Waals surface area contributed by atoms with Crippen molar-refractivity contribution in [3.63, 3.8) is 0 Å². The fourth-order valence-corrected chi connectivity index (χ4v) is 2.05. The maximum Gasteiger partial charge on any atom is 0.124 e. The third kappa shape index (κ3) is 2.76. The van der Waals surface area contributed by atoms with E-state index in [9.17, 15) is 0 Å². The molecule has 2 rings (SSSR count). The summed E-state index contributed by atoms with van der Waals surface area (Å²) in [6.45, 7) is 4.11. The number of anilines is 2. The molecule has 98 valence electrons. The van der Waals surface area contributed by atoms with Gasteiger partial charge in [-0.3, -0.25) is 5.41 Å². The highest BCUT2D eigenvalue weighted by molar-refractivity contribution is 6.01. The van der Waals surface area contributed by atoms with Gasteiger partial charge in [0.15, 0.2) is 0 Å². The molecule has 19 heavy (non-hydrogen) atoms. The van der Waals surface area contributed by atoms with Crippen LogP contribution in [0.2, 0.25) is 0 Å². The summed E-state index contributed by atoms with van der Waals surface area (Å²) < 4.78 is 0. The van der Waals surface area contributed by atoms with Gasteiger partial charge in [0.25, 0.3) is 0 Å². The van der Waals surface area contributed by atoms with E-state index < -0.39 is 0 Å². The second kappa shape index (κ2) is 5.14. The first-order chi connectivity index (χ1) is 8.99. The number of amidine groups is 1. The van der Waals surface area contributed by atoms with Crippen LogP contribution < -0.4 is 10.6 Å². The third-order valence-corrected chi connectivity index (χ3v) is 3.23. The molecular weight excluding hydrogens is 234 g/mol. The Morgan fingerprint density at radius 1 is 1.00 bits per heavy atom. The van der Waals surface area contributed by atoms with E-state index in [1.54, 1.807) is 0 Å². The lowest BCUT2D eigenvalue weighted by molar-refractivity contribution is 1.19. The Morgan fingerprint density at radius 2 is 1.58 bits per heavy atom. The van der Waals surface area contributed by atoms with Gasteiger partial charge in [-0.15, -0.1) is 0 Å². The molecule has 0 fully saturated rings. The highest BCUT2D eigenvalue weighted by Gasteiger charge is 2.11. The molecule has 0 amide bonds. The van der Waals surface area contributed by atoms with Gasteiger partial charge in [-0.1, -0.05) is 23.8 Å². The smallest absolute Gasteiger partial charge is 0.124 e. The second-order valence-electron chi connectivity index (χ2n) is 4.83. The van der Waals surface area contributed by atoms with Crippen LogP contribution in [0.15, 0.2) is 42.5 Å². The largest absolute Gasteiger partial charge is 0.384 e. The van der Waals surface area contributed by atoms with Crippen molar-refractivity contribution < 1.29 is 0 Å². The summed E-state index contributed by atoms with van der Waals surface area (Å²) in [5, 5.41) is 7.69. The maximum absolute atomic E-state index is 7.69. The fraction of sp³-hybridized carbons (Fsp3) is 0.188. The van der Waals surface area contributed by atoms with Crippen molar-refractivity contribution in [1.29, 1.82) is 5.41 Å². The van der Waals surface area contributed by atoms with Gasteiger partial charge in [-0.05, 0) is 43.7 Å². The zero-order valence-electron chi connectivity index (χ0n) is 11.6. The fourth-order valence-electron chi connectivity index (χ4n) is 2.05. The molecule has 0 aliphatic heterocycles. The van der Waals surface area contributed by atoms with Crippen LogP contribution in [0, 0.1) is 19.3 Å². The first-order valence-corrected chi connectivity index (χ1v) is 6.24. The quantitative estimate of drug-likeness (QED) is 0.651. The number of nitrogen functional groups attached to an aromatic ring is 1. The van der Waals surface area contributed by atoms with Crippen molar-refractivity contribution in [2.45, 2.75) is 13.8 Å². The first-order valence-electron chi connectivity index (χ1n) is 6.24. The summed E-state index contributed by atoms with van der Waals surface area (Å²) in [5.74, 6) is 0.0916. The van der Waals surface area contributed by atoms with Crippen molar-refractivity contribution in [3.8, 4) is 0 Å². The van der Waals surface area contributed by atoms with E-state index >= 15 is 0 Å². The van der Waals surface area contributed by atoms with E-state index in [2.05, 4.69) is 42.2 Å². The summed E-state index contributed by atoms with van der Waals surface area (Å²) in [4.78, 5) is 2.06. The van der Waals surface area contributed by atoms with Crippen molar-refractivity contribution in [3.05, 3.63) is 59.2 Å². The zero-order valence-corrected chi connectivity index (χ0v) is 11.6. The molecule has 0 atom stereocenters. The van der Waals surface area contributed by atoms with Gasteiger partial charge in [-0.25, -0.2) is 0 Å². The zero-order chi connectivity index (χ0) is 14.0. The van der Waals surface area contributed by atoms with Gasteiger partial charge in [0.1, 0.15) is 5.84 Å². The van der Waals surface area contributed by atoms with E-state index in [4.69, 9.17) is 11.1 Å². The predicted octanol–water partition coefficient (Wildman–Crippen LogP) is 3.36. The molecule has 0 aliphatic rings. The number of nitrogens with zero attached hydrogens (tertiary/aromatic N) is 1. The Kier molecular flexibility index (Phi) is 3.56. The molecule has 0 unspecified atom stereocenters. The van der Waals surface area contributed by atoms with E-state index in [-0.39, 0.29) is 5.84 Å². The number of aryl methyl sites for hydroxylation is 2. The molecule has 0 aromatic heterocycles. The van der Waals surface area contributed by atoms with Crippen LogP contribution in [-0.4, -0.2) is 12.9 Å². The highest BCUT2D eigenvalue weighted by atomic mass is 15.1. The molecule has 0 bridgehead atoms. The van der Waals surface area contributed by atoms with E-state index in [0.29, 0.717) is 0 Å². The van der Waals surface area contributed by atoms with Gasteiger partial charge in [-0.2, -0.15) is 0 Å². The lowest BCUT2D eigenvalue weighted by Crippen LogP contribution is -2.18. The Balaban J connectivity index is 2.48. The summed E-state index contributed by atoms with van der Waals surface area (Å²) in [5.41, 5.74) is 10.8. The SMILES string of the molecule is Cc1ccc(N(C)c2cc(C)ccc2C(=N)N)cc1. The highest BCUT2D eigenvalue weighted by Crippen LogP contribution is 2.28. The molecular formula is C16H19N3. The number of rotatable bonds is 3. The van der Waals surface area contributed by atoms with Crippen LogP contribution >= 0.6 is 0 Å². The van der Waals surface area contributed by atoms with Crippen molar-refractivity contribution in [2.75, 3.05) is 11.9 Å². The average Bonchev–Trinajstić information content (AvgIpc) is 2.38. The van der Waals surface area contributed by atoms with Crippen LogP contribution in [0.4, 0.5) is 11.4 Å². The first kappa shape index (κ1) is 13.1. The van der Waals surface area contributed by atoms with Crippen LogP contribution in [-0.2, 0) is 0 Å². The molecule has 3 nitrogen and oxygen atoms in total. The lowest BCUT2D eigenvalue weighted by Gasteiger charge is -2.23. The van der Waals surface area contributed by atoms with Gasteiger partial charge in [0, 0.05) is 18.3 Å². The normalized spacial score (nSPS) is 10.3. The predicted molar refractivity (Wildman–Crippen MR) is 81.4 cm³/mol. The van der Waals surface area contributed by atoms with E-state index in [1.165, 1.54) is 5.56 Å². The Hall–Kier alpha value is -2.29. The summed E-state index contributed by atoms with van der Waals surface area (Å²) >= 11 is 0. The minimum Gasteiger partial charge on any atom is -0.384 e. The van der Waals surface area contributed by atoms with Gasteiger partial charge < -0.3 is 10.6 Å². The standard InChI is InChI=1S/C16H19N3/c1-11-4-7-13(8-5-11)19(3)15-10-12(2)6-9-14(15)16(17)18/h4-10H,1-3H3,(H3,17,18). The molecule has 2 aromatic carbocycles. The second-order valence-corrected chi connectivity index (χ2v) is 4.83. The number of nitrogens with one attached hydrogen (secondary N) is 1. The Bertz CT molecular complexity index is 600. The molecule has 0 saturated carbocycles. The van der Waals surface area contributed by atoms with Crippen LogP contribution in [0.1, 0.15) is 16.7 Å². The van der Waals surface area contributed by atoms with Crippen LogP contribution in [0.3, 0.4) is 0 Å². The topological polar surface area (TPSA) is 53.1 Å². The number of hydrogen-bond acceptors (Lipinski definition) is 2. The van der Waals surface area contributed by atoms with Crippen molar-refractivity contribution in [1.82, 2.24) is 0 Å². The summed E-state index contributed by atoms with van der Waals surface area (Å²) in [7, 11) is 1.99. The number of nitrogens with two attached hydrogens (primary N) is 1. The van der Waals surface area contributed by atoms with Gasteiger partial charge >= 0.3 is 0 Å².